The fourth-order valence-electron chi connectivity index (χ4n) is 0.909. The van der Waals surface area contributed by atoms with Gasteiger partial charge in [-0.25, -0.2) is 4.98 Å². The summed E-state index contributed by atoms with van der Waals surface area (Å²) in [6.45, 7) is 4.85. The molecule has 0 aliphatic heterocycles. The first kappa shape index (κ1) is 10.7. The molecule has 1 rings (SSSR count). The minimum atomic E-state index is 0.265. The van der Waals surface area contributed by atoms with Crippen LogP contribution in [0.3, 0.4) is 0 Å². The molecule has 0 spiro atoms. The van der Waals surface area contributed by atoms with Gasteiger partial charge in [-0.3, -0.25) is 0 Å². The van der Waals surface area contributed by atoms with Crippen molar-refractivity contribution in [3.05, 3.63) is 5.82 Å². The van der Waals surface area contributed by atoms with E-state index in [0.29, 0.717) is 0 Å². The van der Waals surface area contributed by atoms with Gasteiger partial charge in [0, 0.05) is 23.5 Å². The summed E-state index contributed by atoms with van der Waals surface area (Å²) in [5.41, 5.74) is 0. The van der Waals surface area contributed by atoms with E-state index in [1.807, 2.05) is 6.92 Å². The second kappa shape index (κ2) is 5.40. The molecule has 1 N–H and O–H groups in total. The van der Waals surface area contributed by atoms with Crippen molar-refractivity contribution in [3.63, 3.8) is 0 Å². The standard InChI is InChI=1S/C8H14ClN3S/c1-3-7(9)4-5-10-8-11-6(2)12-13-8/h7H,3-5H2,1-2H3,(H,10,11,12). The Kier molecular flexibility index (Phi) is 4.45. The van der Waals surface area contributed by atoms with Crippen LogP contribution in [0.15, 0.2) is 0 Å². The molecule has 0 radical (unpaired) electrons. The number of aryl methyl sites for hydroxylation is 1. The van der Waals surface area contributed by atoms with E-state index in [-0.39, 0.29) is 5.38 Å². The molecule has 0 amide bonds. The highest BCUT2D eigenvalue weighted by Gasteiger charge is 2.02. The van der Waals surface area contributed by atoms with Crippen LogP contribution in [0.5, 0.6) is 0 Å². The molecule has 3 nitrogen and oxygen atoms in total. The molecular weight excluding hydrogens is 206 g/mol. The minimum Gasteiger partial charge on any atom is -0.360 e. The van der Waals surface area contributed by atoms with Crippen molar-refractivity contribution in [3.8, 4) is 0 Å². The predicted octanol–water partition coefficient (Wildman–Crippen LogP) is 2.67. The van der Waals surface area contributed by atoms with Crippen molar-refractivity contribution >= 4 is 28.3 Å². The Hall–Kier alpha value is -0.350. The number of halogens is 1. The maximum absolute atomic E-state index is 5.96. The summed E-state index contributed by atoms with van der Waals surface area (Å²) in [6.07, 6.45) is 1.98. The molecule has 0 saturated carbocycles. The van der Waals surface area contributed by atoms with Crippen LogP contribution in [0.25, 0.3) is 0 Å². The summed E-state index contributed by atoms with van der Waals surface area (Å²) in [7, 11) is 0. The maximum atomic E-state index is 5.96. The molecule has 0 aromatic carbocycles. The maximum Gasteiger partial charge on any atom is 0.202 e. The number of anilines is 1. The summed E-state index contributed by atoms with van der Waals surface area (Å²) in [5, 5.41) is 4.34. The third-order valence-corrected chi connectivity index (χ3v) is 3.00. The predicted molar refractivity (Wildman–Crippen MR) is 57.7 cm³/mol. The third-order valence-electron chi connectivity index (χ3n) is 1.70. The van der Waals surface area contributed by atoms with Crippen molar-refractivity contribution in [1.29, 1.82) is 0 Å². The lowest BCUT2D eigenvalue weighted by molar-refractivity contribution is 0.753. The van der Waals surface area contributed by atoms with Gasteiger partial charge in [-0.1, -0.05) is 6.92 Å². The van der Waals surface area contributed by atoms with E-state index in [1.54, 1.807) is 0 Å². The van der Waals surface area contributed by atoms with E-state index in [0.717, 1.165) is 30.3 Å². The van der Waals surface area contributed by atoms with Gasteiger partial charge in [0.05, 0.1) is 0 Å². The molecule has 1 aromatic heterocycles. The summed E-state index contributed by atoms with van der Waals surface area (Å²) >= 11 is 7.36. The van der Waals surface area contributed by atoms with Crippen LogP contribution in [0.4, 0.5) is 5.13 Å². The van der Waals surface area contributed by atoms with Gasteiger partial charge in [-0.05, 0) is 19.8 Å². The van der Waals surface area contributed by atoms with Gasteiger partial charge in [0.2, 0.25) is 5.13 Å². The van der Waals surface area contributed by atoms with Gasteiger partial charge in [-0.15, -0.1) is 11.6 Å². The van der Waals surface area contributed by atoms with Crippen molar-refractivity contribution in [1.82, 2.24) is 9.36 Å². The smallest absolute Gasteiger partial charge is 0.202 e. The third kappa shape index (κ3) is 3.91. The Bertz CT molecular complexity index is 251. The normalized spacial score (nSPS) is 12.8. The number of alkyl halides is 1. The van der Waals surface area contributed by atoms with Crippen LogP contribution < -0.4 is 5.32 Å². The summed E-state index contributed by atoms with van der Waals surface area (Å²) < 4.78 is 4.07. The highest BCUT2D eigenvalue weighted by molar-refractivity contribution is 7.09. The molecular formula is C8H14ClN3S. The van der Waals surface area contributed by atoms with Crippen LogP contribution >= 0.6 is 23.1 Å². The average Bonchev–Trinajstić information content (AvgIpc) is 2.51. The largest absolute Gasteiger partial charge is 0.360 e. The highest BCUT2D eigenvalue weighted by Crippen LogP contribution is 2.11. The second-order valence-corrected chi connectivity index (χ2v) is 4.24. The van der Waals surface area contributed by atoms with Gasteiger partial charge in [0.1, 0.15) is 5.82 Å². The first-order valence-electron chi connectivity index (χ1n) is 4.40. The minimum absolute atomic E-state index is 0.265. The first-order chi connectivity index (χ1) is 6.22. The van der Waals surface area contributed by atoms with Crippen molar-refractivity contribution in [2.45, 2.75) is 32.1 Å². The van der Waals surface area contributed by atoms with Gasteiger partial charge >= 0.3 is 0 Å². The number of hydrogen-bond donors (Lipinski definition) is 1. The molecule has 0 saturated heterocycles. The molecule has 1 atom stereocenters. The van der Waals surface area contributed by atoms with Crippen LogP contribution in [0.2, 0.25) is 0 Å². The Balaban J connectivity index is 2.20. The number of nitrogens with one attached hydrogen (secondary N) is 1. The number of nitrogens with zero attached hydrogens (tertiary/aromatic N) is 2. The van der Waals surface area contributed by atoms with E-state index < -0.39 is 0 Å². The molecule has 1 aromatic rings. The summed E-state index contributed by atoms with van der Waals surface area (Å²) in [5.74, 6) is 0.824. The van der Waals surface area contributed by atoms with Crippen LogP contribution in [0, 0.1) is 6.92 Å². The van der Waals surface area contributed by atoms with Gasteiger partial charge in [0.15, 0.2) is 0 Å². The molecule has 74 valence electrons. The van der Waals surface area contributed by atoms with Gasteiger partial charge in [0.25, 0.3) is 0 Å². The quantitative estimate of drug-likeness (QED) is 0.774. The SMILES string of the molecule is CCC(Cl)CCNc1nc(C)ns1. The zero-order valence-electron chi connectivity index (χ0n) is 7.88. The second-order valence-electron chi connectivity index (χ2n) is 2.87. The fraction of sp³-hybridized carbons (Fsp3) is 0.750. The average molecular weight is 220 g/mol. The lowest BCUT2D eigenvalue weighted by Crippen LogP contribution is -2.07. The Morgan fingerprint density at radius 2 is 2.38 bits per heavy atom. The van der Waals surface area contributed by atoms with E-state index in [9.17, 15) is 0 Å². The highest BCUT2D eigenvalue weighted by atomic mass is 35.5. The lowest BCUT2D eigenvalue weighted by atomic mass is 10.2. The lowest BCUT2D eigenvalue weighted by Gasteiger charge is -2.05. The van der Waals surface area contributed by atoms with Gasteiger partial charge < -0.3 is 5.32 Å². The Labute approximate surface area is 87.7 Å². The zero-order chi connectivity index (χ0) is 9.68. The van der Waals surface area contributed by atoms with Crippen LogP contribution in [0.1, 0.15) is 25.6 Å². The molecule has 0 fully saturated rings. The Morgan fingerprint density at radius 3 is 2.92 bits per heavy atom. The molecule has 0 aliphatic rings. The van der Waals surface area contributed by atoms with E-state index in [2.05, 4.69) is 21.6 Å². The first-order valence-corrected chi connectivity index (χ1v) is 5.61. The van der Waals surface area contributed by atoms with E-state index in [1.165, 1.54) is 11.5 Å². The van der Waals surface area contributed by atoms with E-state index in [4.69, 9.17) is 11.6 Å². The molecule has 13 heavy (non-hydrogen) atoms. The molecule has 1 heterocycles. The van der Waals surface area contributed by atoms with Crippen LogP contribution in [-0.4, -0.2) is 21.3 Å². The molecule has 1 unspecified atom stereocenters. The molecule has 5 heteroatoms. The summed E-state index contributed by atoms with van der Waals surface area (Å²) in [4.78, 5) is 4.19. The molecule has 0 aliphatic carbocycles. The number of rotatable bonds is 5. The Morgan fingerprint density at radius 1 is 1.62 bits per heavy atom. The van der Waals surface area contributed by atoms with Crippen LogP contribution in [-0.2, 0) is 0 Å². The fourth-order valence-corrected chi connectivity index (χ4v) is 1.62. The van der Waals surface area contributed by atoms with Gasteiger partial charge in [-0.2, -0.15) is 4.37 Å². The van der Waals surface area contributed by atoms with Crippen molar-refractivity contribution in [2.75, 3.05) is 11.9 Å². The van der Waals surface area contributed by atoms with E-state index >= 15 is 0 Å². The number of hydrogen-bond acceptors (Lipinski definition) is 4. The number of aromatic nitrogens is 2. The van der Waals surface area contributed by atoms with Crippen molar-refractivity contribution < 1.29 is 0 Å². The molecule has 0 bridgehead atoms. The zero-order valence-corrected chi connectivity index (χ0v) is 9.45. The summed E-state index contributed by atoms with van der Waals surface area (Å²) in [6, 6.07) is 0. The van der Waals surface area contributed by atoms with Crippen molar-refractivity contribution in [2.24, 2.45) is 0 Å². The monoisotopic (exact) mass is 219 g/mol. The topological polar surface area (TPSA) is 37.8 Å².